The van der Waals surface area contributed by atoms with Crippen LogP contribution in [0.25, 0.3) is 17.0 Å². The minimum absolute atomic E-state index is 0.0427. The van der Waals surface area contributed by atoms with Crippen molar-refractivity contribution in [2.45, 2.75) is 6.42 Å². The van der Waals surface area contributed by atoms with Gasteiger partial charge in [0.05, 0.1) is 29.5 Å². The number of nitro benzene ring substituents is 1. The average Bonchev–Trinajstić information content (AvgIpc) is 3.14. The second kappa shape index (κ2) is 7.20. The van der Waals surface area contributed by atoms with Crippen LogP contribution in [-0.2, 0) is 6.42 Å². The summed E-state index contributed by atoms with van der Waals surface area (Å²) < 4.78 is 7.53. The van der Waals surface area contributed by atoms with E-state index in [0.717, 1.165) is 12.0 Å². The van der Waals surface area contributed by atoms with E-state index in [1.54, 1.807) is 28.8 Å². The third kappa shape index (κ3) is 3.32. The number of benzene rings is 2. The van der Waals surface area contributed by atoms with E-state index in [9.17, 15) is 10.1 Å². The van der Waals surface area contributed by atoms with Gasteiger partial charge < -0.3 is 4.74 Å². The molecule has 27 heavy (non-hydrogen) atoms. The molecule has 2 aromatic heterocycles. The van der Waals surface area contributed by atoms with Crippen LogP contribution >= 0.6 is 0 Å². The molecule has 0 saturated carbocycles. The Balaban J connectivity index is 1.69. The van der Waals surface area contributed by atoms with Crippen molar-refractivity contribution in [1.82, 2.24) is 19.6 Å². The van der Waals surface area contributed by atoms with Crippen LogP contribution in [0.1, 0.15) is 5.56 Å². The van der Waals surface area contributed by atoms with E-state index in [-0.39, 0.29) is 5.69 Å². The highest BCUT2D eigenvalue weighted by Gasteiger charge is 2.21. The maximum absolute atomic E-state index is 11.4. The lowest BCUT2D eigenvalue weighted by Crippen LogP contribution is -2.06. The summed E-state index contributed by atoms with van der Waals surface area (Å²) in [5, 5.41) is 19.6. The highest BCUT2D eigenvalue weighted by molar-refractivity contribution is 5.70. The van der Waals surface area contributed by atoms with Crippen LogP contribution in [0.2, 0.25) is 0 Å². The SMILES string of the molecule is O=[N+]([O-])c1ccccc1-c1nnc2cncc(OCCc3ccccc3)n12. The van der Waals surface area contributed by atoms with Crippen LogP contribution in [0.5, 0.6) is 5.88 Å². The molecule has 2 heterocycles. The van der Waals surface area contributed by atoms with Gasteiger partial charge in [-0.3, -0.25) is 15.1 Å². The fraction of sp³-hybridized carbons (Fsp3) is 0.105. The molecule has 2 aromatic carbocycles. The highest BCUT2D eigenvalue weighted by atomic mass is 16.6. The Morgan fingerprint density at radius 2 is 1.78 bits per heavy atom. The molecule has 0 atom stereocenters. The summed E-state index contributed by atoms with van der Waals surface area (Å²) in [5.74, 6) is 0.774. The highest BCUT2D eigenvalue weighted by Crippen LogP contribution is 2.30. The minimum atomic E-state index is -0.437. The van der Waals surface area contributed by atoms with Crippen molar-refractivity contribution in [1.29, 1.82) is 0 Å². The number of ether oxygens (including phenoxy) is 1. The fourth-order valence-corrected chi connectivity index (χ4v) is 2.84. The van der Waals surface area contributed by atoms with E-state index in [1.165, 1.54) is 12.3 Å². The van der Waals surface area contributed by atoms with Crippen molar-refractivity contribution in [3.8, 4) is 17.3 Å². The third-order valence-corrected chi connectivity index (χ3v) is 4.11. The first kappa shape index (κ1) is 16.6. The Hall–Kier alpha value is -3.81. The topological polar surface area (TPSA) is 95.5 Å². The molecule has 0 aliphatic rings. The predicted octanol–water partition coefficient (Wildman–Crippen LogP) is 3.32. The minimum Gasteiger partial charge on any atom is -0.477 e. The van der Waals surface area contributed by atoms with E-state index >= 15 is 0 Å². The van der Waals surface area contributed by atoms with Crippen LogP contribution in [0, 0.1) is 10.1 Å². The average molecular weight is 361 g/mol. The molecule has 0 amide bonds. The molecule has 0 saturated heterocycles. The molecule has 4 rings (SSSR count). The smallest absolute Gasteiger partial charge is 0.280 e. The van der Waals surface area contributed by atoms with Gasteiger partial charge in [-0.15, -0.1) is 10.2 Å². The lowest BCUT2D eigenvalue weighted by Gasteiger charge is -2.09. The van der Waals surface area contributed by atoms with Gasteiger partial charge in [0.25, 0.3) is 5.69 Å². The molecule has 8 heteroatoms. The summed E-state index contributed by atoms with van der Waals surface area (Å²) in [4.78, 5) is 15.1. The molecule has 0 aliphatic heterocycles. The van der Waals surface area contributed by atoms with Crippen molar-refractivity contribution in [3.05, 3.63) is 82.7 Å². The molecule has 0 N–H and O–H groups in total. The lowest BCUT2D eigenvalue weighted by atomic mass is 10.1. The molecule has 0 aliphatic carbocycles. The normalized spacial score (nSPS) is 10.8. The first-order chi connectivity index (χ1) is 13.2. The predicted molar refractivity (Wildman–Crippen MR) is 98.5 cm³/mol. The van der Waals surface area contributed by atoms with Crippen LogP contribution in [0.15, 0.2) is 67.0 Å². The van der Waals surface area contributed by atoms with E-state index < -0.39 is 4.92 Å². The van der Waals surface area contributed by atoms with Crippen molar-refractivity contribution in [3.63, 3.8) is 0 Å². The zero-order chi connectivity index (χ0) is 18.6. The second-order valence-electron chi connectivity index (χ2n) is 5.82. The summed E-state index contributed by atoms with van der Waals surface area (Å²) in [6.45, 7) is 0.430. The number of nitrogens with zero attached hydrogens (tertiary/aromatic N) is 5. The Labute approximate surface area is 154 Å². The van der Waals surface area contributed by atoms with Gasteiger partial charge in [-0.2, -0.15) is 0 Å². The van der Waals surface area contributed by atoms with Crippen molar-refractivity contribution < 1.29 is 9.66 Å². The molecule has 8 nitrogen and oxygen atoms in total. The van der Waals surface area contributed by atoms with Crippen molar-refractivity contribution >= 4 is 11.3 Å². The van der Waals surface area contributed by atoms with Gasteiger partial charge >= 0.3 is 0 Å². The zero-order valence-corrected chi connectivity index (χ0v) is 14.2. The molecular weight excluding hydrogens is 346 g/mol. The molecule has 0 bridgehead atoms. The number of para-hydroxylation sites is 1. The number of rotatable bonds is 6. The molecule has 0 radical (unpaired) electrons. The number of hydrogen-bond donors (Lipinski definition) is 0. The maximum atomic E-state index is 11.4. The summed E-state index contributed by atoms with van der Waals surface area (Å²) in [6, 6.07) is 16.4. The van der Waals surface area contributed by atoms with Crippen LogP contribution < -0.4 is 4.74 Å². The molecule has 0 unspecified atom stereocenters. The Kier molecular flexibility index (Phi) is 4.44. The number of fused-ring (bicyclic) bond motifs is 1. The summed E-state index contributed by atoms with van der Waals surface area (Å²) >= 11 is 0. The van der Waals surface area contributed by atoms with Crippen molar-refractivity contribution in [2.75, 3.05) is 6.61 Å². The molecule has 134 valence electrons. The Morgan fingerprint density at radius 3 is 2.59 bits per heavy atom. The summed E-state index contributed by atoms with van der Waals surface area (Å²) in [6.07, 6.45) is 3.81. The van der Waals surface area contributed by atoms with Crippen molar-refractivity contribution in [2.24, 2.45) is 0 Å². The largest absolute Gasteiger partial charge is 0.477 e. The molecule has 0 spiro atoms. The van der Waals surface area contributed by atoms with Gasteiger partial charge in [0.15, 0.2) is 11.5 Å². The van der Waals surface area contributed by atoms with Gasteiger partial charge in [0, 0.05) is 12.5 Å². The number of hydrogen-bond acceptors (Lipinski definition) is 6. The molecule has 4 aromatic rings. The fourth-order valence-electron chi connectivity index (χ4n) is 2.84. The zero-order valence-electron chi connectivity index (χ0n) is 14.2. The van der Waals surface area contributed by atoms with Gasteiger partial charge in [-0.1, -0.05) is 42.5 Å². The number of aromatic nitrogens is 4. The van der Waals surface area contributed by atoms with Gasteiger partial charge in [-0.05, 0) is 11.6 Å². The Morgan fingerprint density at radius 1 is 1.00 bits per heavy atom. The van der Waals surface area contributed by atoms with Gasteiger partial charge in [-0.25, -0.2) is 4.40 Å². The molecule has 0 fully saturated rings. The third-order valence-electron chi connectivity index (χ3n) is 4.11. The van der Waals surface area contributed by atoms with Crippen LogP contribution in [-0.4, -0.2) is 31.1 Å². The summed E-state index contributed by atoms with van der Waals surface area (Å²) in [5.41, 5.74) is 1.94. The molecular formula is C19H15N5O3. The maximum Gasteiger partial charge on any atom is 0.280 e. The lowest BCUT2D eigenvalue weighted by molar-refractivity contribution is -0.384. The summed E-state index contributed by atoms with van der Waals surface area (Å²) in [7, 11) is 0. The van der Waals surface area contributed by atoms with Gasteiger partial charge in [0.2, 0.25) is 5.88 Å². The van der Waals surface area contributed by atoms with E-state index in [1.807, 2.05) is 30.3 Å². The second-order valence-corrected chi connectivity index (χ2v) is 5.82. The number of nitro groups is 1. The van der Waals surface area contributed by atoms with Crippen LogP contribution in [0.3, 0.4) is 0 Å². The van der Waals surface area contributed by atoms with E-state index in [4.69, 9.17) is 4.74 Å². The quantitative estimate of drug-likeness (QED) is 0.386. The first-order valence-corrected chi connectivity index (χ1v) is 8.33. The van der Waals surface area contributed by atoms with Gasteiger partial charge in [0.1, 0.15) is 0 Å². The van der Waals surface area contributed by atoms with E-state index in [2.05, 4.69) is 15.2 Å². The monoisotopic (exact) mass is 361 g/mol. The van der Waals surface area contributed by atoms with Crippen LogP contribution in [0.4, 0.5) is 5.69 Å². The van der Waals surface area contributed by atoms with E-state index in [0.29, 0.717) is 29.5 Å². The standard InChI is InChI=1S/C19H15N5O3/c25-24(26)16-9-5-4-8-15(16)19-22-21-17-12-20-13-18(23(17)19)27-11-10-14-6-2-1-3-7-14/h1-9,12-13H,10-11H2. The Bertz CT molecular complexity index is 1090. The first-order valence-electron chi connectivity index (χ1n) is 8.33.